The van der Waals surface area contributed by atoms with E-state index in [1.807, 2.05) is 49.4 Å². The van der Waals surface area contributed by atoms with Crippen LogP contribution in [0.25, 0.3) is 10.8 Å². The van der Waals surface area contributed by atoms with Crippen molar-refractivity contribution in [1.82, 2.24) is 10.6 Å². The molecule has 3 aromatic rings. The molecule has 0 radical (unpaired) electrons. The van der Waals surface area contributed by atoms with Gasteiger partial charge < -0.3 is 15.1 Å². The van der Waals surface area contributed by atoms with Gasteiger partial charge >= 0.3 is 0 Å². The smallest absolute Gasteiger partial charge is 0.239 e. The van der Waals surface area contributed by atoms with Gasteiger partial charge in [0.1, 0.15) is 5.76 Å². The van der Waals surface area contributed by atoms with Gasteiger partial charge in [0.25, 0.3) is 0 Å². The van der Waals surface area contributed by atoms with Crippen molar-refractivity contribution in [3.8, 4) is 0 Å². The summed E-state index contributed by atoms with van der Waals surface area (Å²) >= 11 is 0. The minimum absolute atomic E-state index is 0.0609. The van der Waals surface area contributed by atoms with E-state index >= 15 is 0 Å². The SMILES string of the molecule is C[C@@H](NC(=O)CNC(=O)Cc1cccc2ccccc12)c1ccco1. The second kappa shape index (κ2) is 7.66. The summed E-state index contributed by atoms with van der Waals surface area (Å²) in [6.45, 7) is 1.77. The monoisotopic (exact) mass is 336 g/mol. The number of hydrogen-bond acceptors (Lipinski definition) is 3. The molecule has 0 saturated heterocycles. The van der Waals surface area contributed by atoms with Crippen molar-refractivity contribution in [2.75, 3.05) is 6.54 Å². The third-order valence-corrected chi connectivity index (χ3v) is 4.02. The lowest BCUT2D eigenvalue weighted by molar-refractivity contribution is -0.126. The Labute approximate surface area is 146 Å². The van der Waals surface area contributed by atoms with Crippen LogP contribution >= 0.6 is 0 Å². The second-order valence-corrected chi connectivity index (χ2v) is 5.90. The Morgan fingerprint density at radius 1 is 1.00 bits per heavy atom. The molecule has 1 atom stereocenters. The van der Waals surface area contributed by atoms with E-state index in [0.717, 1.165) is 16.3 Å². The number of fused-ring (bicyclic) bond motifs is 1. The van der Waals surface area contributed by atoms with E-state index < -0.39 is 0 Å². The molecule has 5 heteroatoms. The number of rotatable bonds is 6. The van der Waals surface area contributed by atoms with Crippen molar-refractivity contribution >= 4 is 22.6 Å². The Kier molecular flexibility index (Phi) is 5.14. The van der Waals surface area contributed by atoms with E-state index in [1.165, 1.54) is 0 Å². The van der Waals surface area contributed by atoms with Crippen LogP contribution in [0.3, 0.4) is 0 Å². The summed E-state index contributed by atoms with van der Waals surface area (Å²) < 4.78 is 5.24. The van der Waals surface area contributed by atoms with E-state index in [9.17, 15) is 9.59 Å². The number of amides is 2. The summed E-state index contributed by atoms with van der Waals surface area (Å²) in [5.41, 5.74) is 0.944. The molecule has 3 rings (SSSR count). The largest absolute Gasteiger partial charge is 0.467 e. The van der Waals surface area contributed by atoms with Gasteiger partial charge in [-0.1, -0.05) is 42.5 Å². The highest BCUT2D eigenvalue weighted by molar-refractivity contribution is 5.91. The first kappa shape index (κ1) is 16.8. The predicted molar refractivity (Wildman–Crippen MR) is 95.9 cm³/mol. The van der Waals surface area contributed by atoms with E-state index in [1.54, 1.807) is 18.4 Å². The van der Waals surface area contributed by atoms with E-state index in [-0.39, 0.29) is 30.8 Å². The van der Waals surface area contributed by atoms with Crippen molar-refractivity contribution in [3.05, 3.63) is 72.2 Å². The van der Waals surface area contributed by atoms with E-state index in [4.69, 9.17) is 4.42 Å². The van der Waals surface area contributed by atoms with Gasteiger partial charge in [-0.25, -0.2) is 0 Å². The number of hydrogen-bond donors (Lipinski definition) is 2. The number of benzene rings is 2. The van der Waals surface area contributed by atoms with Crippen molar-refractivity contribution < 1.29 is 14.0 Å². The lowest BCUT2D eigenvalue weighted by atomic mass is 10.0. The lowest BCUT2D eigenvalue weighted by Gasteiger charge is -2.12. The lowest BCUT2D eigenvalue weighted by Crippen LogP contribution is -2.38. The van der Waals surface area contributed by atoms with Crippen LogP contribution in [0.4, 0.5) is 0 Å². The molecule has 5 nitrogen and oxygen atoms in total. The first-order chi connectivity index (χ1) is 12.1. The first-order valence-corrected chi connectivity index (χ1v) is 8.19. The number of carbonyl (C=O) groups excluding carboxylic acids is 2. The quantitative estimate of drug-likeness (QED) is 0.727. The van der Waals surface area contributed by atoms with Crippen molar-refractivity contribution in [3.63, 3.8) is 0 Å². The highest BCUT2D eigenvalue weighted by Crippen LogP contribution is 2.18. The minimum atomic E-state index is -0.254. The molecule has 0 aliphatic rings. The number of carbonyl (C=O) groups is 2. The predicted octanol–water partition coefficient (Wildman–Crippen LogP) is 2.97. The van der Waals surface area contributed by atoms with Crippen LogP contribution in [0, 0.1) is 0 Å². The van der Waals surface area contributed by atoms with Crippen LogP contribution < -0.4 is 10.6 Å². The normalized spacial score (nSPS) is 11.9. The van der Waals surface area contributed by atoms with Gasteiger partial charge in [-0.15, -0.1) is 0 Å². The Morgan fingerprint density at radius 3 is 2.60 bits per heavy atom. The maximum atomic E-state index is 12.2. The molecule has 2 amide bonds. The van der Waals surface area contributed by atoms with Gasteiger partial charge in [-0.05, 0) is 35.4 Å². The Bertz CT molecular complexity index is 866. The molecule has 1 heterocycles. The van der Waals surface area contributed by atoms with Crippen LogP contribution in [0.1, 0.15) is 24.3 Å². The summed E-state index contributed by atoms with van der Waals surface area (Å²) in [6, 6.07) is 17.1. The summed E-state index contributed by atoms with van der Waals surface area (Å²) in [4.78, 5) is 24.1. The van der Waals surface area contributed by atoms with Crippen LogP contribution in [0.2, 0.25) is 0 Å². The molecule has 0 fully saturated rings. The number of nitrogens with one attached hydrogen (secondary N) is 2. The summed E-state index contributed by atoms with van der Waals surface area (Å²) in [5, 5.41) is 7.60. The minimum Gasteiger partial charge on any atom is -0.467 e. The van der Waals surface area contributed by atoms with Gasteiger partial charge in [-0.2, -0.15) is 0 Å². The molecule has 0 aliphatic heterocycles. The Balaban J connectivity index is 1.53. The fourth-order valence-corrected chi connectivity index (χ4v) is 2.76. The highest BCUT2D eigenvalue weighted by Gasteiger charge is 2.13. The zero-order valence-electron chi connectivity index (χ0n) is 14.0. The van der Waals surface area contributed by atoms with Crippen molar-refractivity contribution in [2.24, 2.45) is 0 Å². The average molecular weight is 336 g/mol. The van der Waals surface area contributed by atoms with E-state index in [2.05, 4.69) is 10.6 Å². The first-order valence-electron chi connectivity index (χ1n) is 8.19. The zero-order valence-corrected chi connectivity index (χ0v) is 14.0. The molecule has 0 bridgehead atoms. The topological polar surface area (TPSA) is 71.3 Å². The third-order valence-electron chi connectivity index (χ3n) is 4.02. The highest BCUT2D eigenvalue weighted by atomic mass is 16.3. The Morgan fingerprint density at radius 2 is 1.80 bits per heavy atom. The fourth-order valence-electron chi connectivity index (χ4n) is 2.76. The summed E-state index contributed by atoms with van der Waals surface area (Å²) in [5.74, 6) is 0.239. The molecule has 128 valence electrons. The third kappa shape index (κ3) is 4.26. The zero-order chi connectivity index (χ0) is 17.6. The maximum Gasteiger partial charge on any atom is 0.239 e. The molecular weight excluding hydrogens is 316 g/mol. The van der Waals surface area contributed by atoms with Crippen LogP contribution in [0.5, 0.6) is 0 Å². The summed E-state index contributed by atoms with van der Waals surface area (Å²) in [6.07, 6.45) is 1.80. The summed E-state index contributed by atoms with van der Waals surface area (Å²) in [7, 11) is 0. The maximum absolute atomic E-state index is 12.2. The average Bonchev–Trinajstić information content (AvgIpc) is 3.15. The van der Waals surface area contributed by atoms with Gasteiger partial charge in [0, 0.05) is 0 Å². The van der Waals surface area contributed by atoms with Crippen LogP contribution in [-0.4, -0.2) is 18.4 Å². The van der Waals surface area contributed by atoms with Gasteiger partial charge in [0.15, 0.2) is 0 Å². The van der Waals surface area contributed by atoms with Crippen LogP contribution in [-0.2, 0) is 16.0 Å². The molecule has 0 spiro atoms. The van der Waals surface area contributed by atoms with Gasteiger partial charge in [0.2, 0.25) is 11.8 Å². The molecule has 25 heavy (non-hydrogen) atoms. The molecule has 2 N–H and O–H groups in total. The van der Waals surface area contributed by atoms with Crippen molar-refractivity contribution in [1.29, 1.82) is 0 Å². The number of furan rings is 1. The Hall–Kier alpha value is -3.08. The molecular formula is C20H20N2O3. The molecule has 1 aromatic heterocycles. The fraction of sp³-hybridized carbons (Fsp3) is 0.200. The molecule has 0 unspecified atom stereocenters. The van der Waals surface area contributed by atoms with Crippen molar-refractivity contribution in [2.45, 2.75) is 19.4 Å². The standard InChI is InChI=1S/C20H20N2O3/c1-14(18-10-5-11-25-18)22-20(24)13-21-19(23)12-16-8-4-7-15-6-2-3-9-17(15)16/h2-11,14H,12-13H2,1H3,(H,21,23)(H,22,24)/t14-/m1/s1. The molecule has 0 aliphatic carbocycles. The molecule has 0 saturated carbocycles. The van der Waals surface area contributed by atoms with Crippen LogP contribution in [0.15, 0.2) is 65.3 Å². The molecule has 2 aromatic carbocycles. The second-order valence-electron chi connectivity index (χ2n) is 5.90. The van der Waals surface area contributed by atoms with Gasteiger partial charge in [0.05, 0.1) is 25.3 Å². The van der Waals surface area contributed by atoms with E-state index in [0.29, 0.717) is 5.76 Å². The van der Waals surface area contributed by atoms with Gasteiger partial charge in [-0.3, -0.25) is 9.59 Å².